The number of aliphatic hydroxyl groups excluding tert-OH is 3. The molecule has 16 N–H and O–H groups in total. The third-order valence-corrected chi connectivity index (χ3v) is 19.7. The number of methoxy groups -OCH3 is 2. The van der Waals surface area contributed by atoms with Crippen molar-refractivity contribution < 1.29 is 63.5 Å². The summed E-state index contributed by atoms with van der Waals surface area (Å²) in [6, 6.07) is 1.34. The number of nitriles is 1. The van der Waals surface area contributed by atoms with Gasteiger partial charge in [0.05, 0.1) is 120 Å². The molecule has 0 aliphatic heterocycles. The maximum absolute atomic E-state index is 12.1. The predicted molar refractivity (Wildman–Crippen MR) is 471 cm³/mol. The number of hydrogen-bond acceptors (Lipinski definition) is 51. The Kier molecular flexibility index (Phi) is 27.3. The van der Waals surface area contributed by atoms with E-state index in [9.17, 15) is 59.2 Å². The summed E-state index contributed by atoms with van der Waals surface area (Å²) in [4.78, 5) is 116. The molecule has 64 heteroatoms. The van der Waals surface area contributed by atoms with Gasteiger partial charge in [-0.3, -0.25) is 24.0 Å². The van der Waals surface area contributed by atoms with Gasteiger partial charge in [0.1, 0.15) is 43.3 Å². The van der Waals surface area contributed by atoms with Crippen LogP contribution in [0.1, 0.15) is 107 Å². The number of aliphatic hydroxyl groups is 3. The zero-order valence-electron chi connectivity index (χ0n) is 74.8. The molecular weight excluding hydrogens is 1810 g/mol. The van der Waals surface area contributed by atoms with Crippen LogP contribution in [-0.2, 0) is 56.6 Å². The van der Waals surface area contributed by atoms with E-state index in [4.69, 9.17) is 50.4 Å². The van der Waals surface area contributed by atoms with Gasteiger partial charge in [-0.15, -0.1) is 61.4 Å². The summed E-state index contributed by atoms with van der Waals surface area (Å²) in [5.74, 6) is -4.12. The number of anilines is 6. The third-order valence-electron chi connectivity index (χ3n) is 19.7. The van der Waals surface area contributed by atoms with Crippen LogP contribution in [0.2, 0.25) is 0 Å². The Morgan fingerprint density at radius 3 is 0.949 bits per heavy atom. The number of nitrogens with two attached hydrogens (primary N) is 6. The molecule has 0 aliphatic carbocycles. The minimum atomic E-state index is -0.843. The monoisotopic (exact) mass is 1890 g/mol. The largest absolute Gasteiger partial charge is 0.479 e. The Balaban J connectivity index is 0.000000175. The Bertz CT molecular complexity index is 7450. The summed E-state index contributed by atoms with van der Waals surface area (Å²) in [5, 5.41) is 148. The number of aromatic nitrogens is 31. The van der Waals surface area contributed by atoms with E-state index in [0.29, 0.717) is 22.8 Å². The molecule has 138 heavy (non-hydrogen) atoms. The van der Waals surface area contributed by atoms with E-state index in [0.717, 1.165) is 18.7 Å². The van der Waals surface area contributed by atoms with Crippen LogP contribution >= 0.6 is 0 Å². The molecule has 0 unspecified atom stereocenters. The molecule has 0 saturated heterocycles. The molecule has 0 atom stereocenters. The van der Waals surface area contributed by atoms with Crippen molar-refractivity contribution in [1.82, 2.24) is 152 Å². The Hall–Kier alpha value is -20.0. The number of ketones is 4. The molecule has 15 heterocycles. The van der Waals surface area contributed by atoms with Crippen LogP contribution in [0.5, 0.6) is 6.01 Å². The van der Waals surface area contributed by atoms with Gasteiger partial charge in [-0.05, 0) is 54.0 Å². The first-order valence-electron chi connectivity index (χ1n) is 39.2. The Morgan fingerprint density at radius 2 is 0.659 bits per heavy atom. The lowest BCUT2D eigenvalue weighted by Gasteiger charge is -2.14. The highest BCUT2D eigenvalue weighted by Crippen LogP contribution is 2.42. The smallest absolute Gasteiger partial charge is 0.343 e. The van der Waals surface area contributed by atoms with Crippen molar-refractivity contribution in [3.8, 4) is 47.5 Å². The topological polar surface area (TPSA) is 856 Å². The number of aldehydes is 1. The molecule has 0 amide bonds. The highest BCUT2D eigenvalue weighted by molar-refractivity contribution is 6.34. The Morgan fingerprint density at radius 1 is 0.399 bits per heavy atom. The van der Waals surface area contributed by atoms with E-state index in [1.54, 1.807) is 69.7 Å². The molecule has 0 fully saturated rings. The second-order valence-corrected chi connectivity index (χ2v) is 28.5. The summed E-state index contributed by atoms with van der Waals surface area (Å²) >= 11 is 0. The molecule has 15 aromatic heterocycles. The third kappa shape index (κ3) is 18.3. The number of nitrogens with zero attached hydrogens (tertiary/aromatic N) is 45. The van der Waals surface area contributed by atoms with E-state index in [1.165, 1.54) is 116 Å². The first-order chi connectivity index (χ1) is 65.9. The maximum atomic E-state index is 12.1. The number of Topliss-reactive ketones (excluding diaryl/α,β-unsaturated/α-hetero) is 4. The first-order valence-corrected chi connectivity index (χ1v) is 39.2. The SMILES string of the molecule is COC(=O)c1cnn(C)c1N=Nc1c(C)nn(-c2nc(O)nc(-n3nc(C)c(N=Nc4c(C(=O)CO)cnn4C)c3N)n2)c1N.COC(=O)c1cnn(C)c1N=Nc1c(C)nn(-c2ncnc(-n3nc(C)c(N=Nc4c(C(=O)CO)cnn4C)c3N)n2)c1N.[C-]#[N+]c1c(-n2nc(C)c(N=Nc3c(C(=O)CO)cnn3C)c2N)nc(-n2nc(C)c(N=Nc3c(C(=O)C=O)cnn3C)c2N)c(C#N)c1C. The molecule has 15 rings (SSSR count). The van der Waals surface area contributed by atoms with Crippen LogP contribution in [0, 0.1) is 66.4 Å². The highest BCUT2D eigenvalue weighted by atomic mass is 16.5. The number of ether oxygens (including phenoxy) is 2. The molecule has 64 nitrogen and oxygen atoms in total. The van der Waals surface area contributed by atoms with Crippen molar-refractivity contribution in [2.75, 3.05) is 68.4 Å². The summed E-state index contributed by atoms with van der Waals surface area (Å²) in [7, 11) is 11.8. The van der Waals surface area contributed by atoms with Crippen molar-refractivity contribution in [1.29, 1.82) is 5.26 Å². The summed E-state index contributed by atoms with van der Waals surface area (Å²) < 4.78 is 24.3. The molecule has 0 radical (unpaired) electrons. The van der Waals surface area contributed by atoms with Gasteiger partial charge in [-0.25, -0.2) is 52.2 Å². The van der Waals surface area contributed by atoms with E-state index in [1.807, 2.05) is 6.07 Å². The second-order valence-electron chi connectivity index (χ2n) is 28.5. The standard InChI is InChI=1S/C28H25N17O4.C23H25N17O5.C23H25N17O4/c1-12-15(7-29)25(44-23(30)21(13(2)40-44)36-38-26-16(18(48)10-46)8-33-42(26)5)35-28(20(12)32-4)45-24(31)22(14(3)41-45)37-39-27-17(19(49)11-47)9-34-43(27)6;1-9-14(31-33-18-11(13(42)8-41)6-26-37(18)3)16(24)39(35-9)21-28-22(30-23(44)29-21)40-17(25)15(10(2)36-40)32-34-19-12(20(43)45-5)7-27-38(19)4;1-10-15(31-33-19-12(14(42)8-41)6-28-37(19)3)17(24)39(35-10)22-26-9-27-23(30-22)40-18(25)16(11(2)36-40)32-34-20-13(21(43)44-5)7-29-38(20)4/h8-10,47H,11,30-31H2,1-3,5-6H3;6-7,41H,8,24-25H2,1-5H3,(H,28,29,30,44);6-7,9,41H,8,24-25H2,1-5H3. The predicted octanol–water partition coefficient (Wildman–Crippen LogP) is 5.09. The van der Waals surface area contributed by atoms with Gasteiger partial charge in [0.2, 0.25) is 11.5 Å². The number of azo groups is 6. The lowest BCUT2D eigenvalue weighted by atomic mass is 10.1. The molecule has 0 spiro atoms. The van der Waals surface area contributed by atoms with Crippen LogP contribution in [0.3, 0.4) is 0 Å². The van der Waals surface area contributed by atoms with Crippen molar-refractivity contribution in [3.63, 3.8) is 0 Å². The number of carbonyl (C=O) groups excluding carboxylic acids is 7. The van der Waals surface area contributed by atoms with Crippen LogP contribution in [0.15, 0.2) is 105 Å². The molecule has 704 valence electrons. The number of rotatable bonds is 28. The number of carbonyl (C=O) groups is 7. The number of hydrogen-bond donors (Lipinski definition) is 10. The minimum absolute atomic E-state index is 0.00359. The fourth-order valence-corrected chi connectivity index (χ4v) is 12.6. The lowest BCUT2D eigenvalue weighted by Crippen LogP contribution is -2.13. The van der Waals surface area contributed by atoms with Crippen LogP contribution in [0.4, 0.5) is 110 Å². The fraction of sp³-hybridized carbons (Fsp3) is 0.243. The minimum Gasteiger partial charge on any atom is -0.479 e. The zero-order valence-corrected chi connectivity index (χ0v) is 74.8. The zero-order chi connectivity index (χ0) is 100. The molecule has 0 aliphatic rings. The second kappa shape index (κ2) is 39.4. The van der Waals surface area contributed by atoms with E-state index in [-0.39, 0.29) is 207 Å². The maximum Gasteiger partial charge on any atom is 0.343 e. The number of aromatic hydroxyl groups is 1. The summed E-state index contributed by atoms with van der Waals surface area (Å²) in [5.41, 5.74) is 41.3. The number of pyridine rings is 1. The molecule has 0 bridgehead atoms. The van der Waals surface area contributed by atoms with Gasteiger partial charge in [0.15, 0.2) is 139 Å². The van der Waals surface area contributed by atoms with E-state index in [2.05, 4.69) is 162 Å². The summed E-state index contributed by atoms with van der Waals surface area (Å²) in [6.07, 6.45) is 8.93. The first kappa shape index (κ1) is 95.6. The molecule has 0 aromatic carbocycles. The quantitative estimate of drug-likeness (QED) is 0.00762. The van der Waals surface area contributed by atoms with Crippen molar-refractivity contribution in [3.05, 3.63) is 134 Å². The van der Waals surface area contributed by atoms with E-state index >= 15 is 0 Å². The van der Waals surface area contributed by atoms with Crippen molar-refractivity contribution >= 4 is 151 Å². The molecular formula is C74H75N51O13. The lowest BCUT2D eigenvalue weighted by molar-refractivity contribution is -0.104. The van der Waals surface area contributed by atoms with Gasteiger partial charge in [0, 0.05) is 42.3 Å². The average molecular weight is 1890 g/mol. The van der Waals surface area contributed by atoms with E-state index < -0.39 is 60.9 Å². The van der Waals surface area contributed by atoms with Gasteiger partial charge < -0.3 is 64.3 Å². The van der Waals surface area contributed by atoms with Crippen LogP contribution in [-0.4, -0.2) is 248 Å². The molecule has 0 saturated carbocycles. The fourth-order valence-electron chi connectivity index (χ4n) is 12.6. The normalized spacial score (nSPS) is 11.6. The van der Waals surface area contributed by atoms with Crippen molar-refractivity contribution in [2.45, 2.75) is 48.5 Å². The average Bonchev–Trinajstić information content (AvgIpc) is 1.57. The van der Waals surface area contributed by atoms with Gasteiger partial charge in [0.25, 0.3) is 23.8 Å². The summed E-state index contributed by atoms with van der Waals surface area (Å²) in [6.45, 7) is 16.9. The number of aryl methyl sites for hydroxylation is 12. The van der Waals surface area contributed by atoms with Gasteiger partial charge in [-0.2, -0.15) is 120 Å². The number of nitrogen functional groups attached to an aromatic ring is 6. The number of esters is 2. The highest BCUT2D eigenvalue weighted by Gasteiger charge is 2.31. The van der Waals surface area contributed by atoms with Gasteiger partial charge in [-0.1, -0.05) is 0 Å². The molecule has 15 aromatic rings. The Labute approximate surface area is 770 Å². The van der Waals surface area contributed by atoms with Gasteiger partial charge >= 0.3 is 17.9 Å². The van der Waals surface area contributed by atoms with Crippen molar-refractivity contribution in [2.24, 2.45) is 104 Å². The van der Waals surface area contributed by atoms with Crippen LogP contribution < -0.4 is 34.4 Å². The van der Waals surface area contributed by atoms with Crippen LogP contribution in [0.25, 0.3) is 40.3 Å².